The second-order valence-electron chi connectivity index (χ2n) is 4.89. The average Bonchev–Trinajstić information content (AvgIpc) is 2.52. The Morgan fingerprint density at radius 1 is 0.522 bits per heavy atom. The molecule has 0 saturated heterocycles. The summed E-state index contributed by atoms with van der Waals surface area (Å²) in [6, 6.07) is 25.8. The number of hydrogen-bond acceptors (Lipinski definition) is 0. The van der Waals surface area contributed by atoms with Crippen molar-refractivity contribution in [3.63, 3.8) is 0 Å². The Hall–Kier alpha value is -2.20. The Morgan fingerprint density at radius 3 is 1.65 bits per heavy atom. The molecule has 118 valence electrons. The highest BCUT2D eigenvalue weighted by atomic mass is 32.1. The van der Waals surface area contributed by atoms with Crippen LogP contribution < -0.4 is 0 Å². The smallest absolute Gasteiger partial charge is 0.197 e. The lowest BCUT2D eigenvalue weighted by atomic mass is 9.77. The predicted octanol–water partition coefficient (Wildman–Crippen LogP) is 6.29. The lowest BCUT2D eigenvalue weighted by Gasteiger charge is -2.26. The molecule has 0 radical (unpaired) electrons. The van der Waals surface area contributed by atoms with Crippen molar-refractivity contribution < 1.29 is 13.2 Å². The van der Waals surface area contributed by atoms with Crippen molar-refractivity contribution in [1.82, 2.24) is 0 Å². The van der Waals surface area contributed by atoms with Gasteiger partial charge in [0.2, 0.25) is 0 Å². The largest absolute Gasteiger partial charge is 0.379 e. The summed E-state index contributed by atoms with van der Waals surface area (Å²) in [4.78, 5) is 0. The van der Waals surface area contributed by atoms with E-state index < -0.39 is 6.68 Å². The Balaban J connectivity index is 0.000000349. The van der Waals surface area contributed by atoms with E-state index in [1.807, 2.05) is 0 Å². The molecule has 0 unspecified atom stereocenters. The van der Waals surface area contributed by atoms with Gasteiger partial charge in [-0.15, -0.1) is 0 Å². The third-order valence-electron chi connectivity index (χ3n) is 3.64. The fourth-order valence-corrected chi connectivity index (χ4v) is 2.80. The first kappa shape index (κ1) is 17.2. The number of fused-ring (bicyclic) bond motifs is 4. The van der Waals surface area contributed by atoms with E-state index in [0.717, 1.165) is 0 Å². The van der Waals surface area contributed by atoms with Crippen LogP contribution in [0.1, 0.15) is 0 Å². The van der Waals surface area contributed by atoms with Crippen LogP contribution >= 0.6 is 13.5 Å². The average molecular weight is 332 g/mol. The minimum absolute atomic E-state index is 0. The summed E-state index contributed by atoms with van der Waals surface area (Å²) in [5.74, 6) is 0. The van der Waals surface area contributed by atoms with Gasteiger partial charge >= 0.3 is 6.68 Å². The molecule has 0 N–H and O–H groups in total. The number of rotatable bonds is 1. The topological polar surface area (TPSA) is 0 Å². The summed E-state index contributed by atoms with van der Waals surface area (Å²) < 4.78 is 29.0. The molecule has 0 atom stereocenters. The van der Waals surface area contributed by atoms with Gasteiger partial charge < -0.3 is 0 Å². The number of halogens is 3. The standard InChI is InChI=1S/C18H12.CHF3.H2S/c1-2-7-13(8-3-1)14-11-6-12-17-15-9-4-5-10-16(15)18(14)17;2-1(3)4;/h1-12H;1H;1H2. The van der Waals surface area contributed by atoms with Crippen LogP contribution in [0.15, 0.2) is 72.8 Å². The Kier molecular flexibility index (Phi) is 5.50. The van der Waals surface area contributed by atoms with Crippen LogP contribution in [0.25, 0.3) is 33.4 Å². The van der Waals surface area contributed by atoms with Gasteiger partial charge in [0.05, 0.1) is 0 Å². The highest BCUT2D eigenvalue weighted by Crippen LogP contribution is 2.51. The van der Waals surface area contributed by atoms with Crippen molar-refractivity contribution in [3.8, 4) is 33.4 Å². The van der Waals surface area contributed by atoms with E-state index in [-0.39, 0.29) is 13.5 Å². The van der Waals surface area contributed by atoms with E-state index in [1.54, 1.807) is 0 Å². The van der Waals surface area contributed by atoms with Crippen LogP contribution in [0.5, 0.6) is 0 Å². The maximum Gasteiger partial charge on any atom is 0.379 e. The Bertz CT molecular complexity index is 767. The molecule has 23 heavy (non-hydrogen) atoms. The quantitative estimate of drug-likeness (QED) is 0.384. The SMILES string of the molecule is FC(F)F.S.c1ccc(-c2cccc3c2-c2ccccc2-3)cc1. The molecule has 1 aliphatic carbocycles. The molecule has 0 nitrogen and oxygen atoms in total. The fourth-order valence-electron chi connectivity index (χ4n) is 2.80. The van der Waals surface area contributed by atoms with E-state index in [2.05, 4.69) is 72.8 Å². The van der Waals surface area contributed by atoms with E-state index in [9.17, 15) is 13.2 Å². The van der Waals surface area contributed by atoms with Crippen molar-refractivity contribution in [2.75, 3.05) is 0 Å². The third-order valence-corrected chi connectivity index (χ3v) is 3.64. The first-order valence-electron chi connectivity index (χ1n) is 6.89. The van der Waals surface area contributed by atoms with Crippen molar-refractivity contribution in [2.45, 2.75) is 6.68 Å². The zero-order valence-corrected chi connectivity index (χ0v) is 13.1. The number of alkyl halides is 3. The summed E-state index contributed by atoms with van der Waals surface area (Å²) in [5, 5.41) is 0. The third kappa shape index (κ3) is 3.42. The molecular formula is C19H15F3S. The summed E-state index contributed by atoms with van der Waals surface area (Å²) in [7, 11) is 0. The molecule has 0 amide bonds. The van der Waals surface area contributed by atoms with Crippen LogP contribution in [-0.4, -0.2) is 6.68 Å². The molecule has 0 aromatic heterocycles. The molecular weight excluding hydrogens is 317 g/mol. The van der Waals surface area contributed by atoms with Gasteiger partial charge in [-0.1, -0.05) is 72.8 Å². The van der Waals surface area contributed by atoms with Crippen molar-refractivity contribution >= 4 is 13.5 Å². The van der Waals surface area contributed by atoms with Crippen LogP contribution in [-0.2, 0) is 0 Å². The zero-order chi connectivity index (χ0) is 15.5. The van der Waals surface area contributed by atoms with Crippen LogP contribution in [0.2, 0.25) is 0 Å². The highest BCUT2D eigenvalue weighted by Gasteiger charge is 2.24. The molecule has 3 aromatic carbocycles. The van der Waals surface area contributed by atoms with Gasteiger partial charge in [0.25, 0.3) is 0 Å². The lowest BCUT2D eigenvalue weighted by molar-refractivity contribution is 0.00819. The van der Waals surface area contributed by atoms with Gasteiger partial charge in [-0.05, 0) is 33.4 Å². The molecule has 0 spiro atoms. The van der Waals surface area contributed by atoms with Gasteiger partial charge in [-0.2, -0.15) is 26.7 Å². The molecule has 0 saturated carbocycles. The molecule has 0 bridgehead atoms. The molecule has 3 aromatic rings. The van der Waals surface area contributed by atoms with Crippen molar-refractivity contribution in [2.24, 2.45) is 0 Å². The van der Waals surface area contributed by atoms with Crippen molar-refractivity contribution in [1.29, 1.82) is 0 Å². The molecule has 0 heterocycles. The maximum absolute atomic E-state index is 9.67. The van der Waals surface area contributed by atoms with E-state index in [1.165, 1.54) is 33.4 Å². The van der Waals surface area contributed by atoms with Crippen LogP contribution in [0.4, 0.5) is 13.2 Å². The fraction of sp³-hybridized carbons (Fsp3) is 0.0526. The van der Waals surface area contributed by atoms with Crippen LogP contribution in [0.3, 0.4) is 0 Å². The zero-order valence-electron chi connectivity index (χ0n) is 12.1. The normalized spacial score (nSPS) is 10.4. The second kappa shape index (κ2) is 7.38. The first-order chi connectivity index (χ1) is 10.7. The minimum atomic E-state index is -3.67. The van der Waals surface area contributed by atoms with E-state index >= 15 is 0 Å². The minimum Gasteiger partial charge on any atom is -0.197 e. The van der Waals surface area contributed by atoms with Gasteiger partial charge in [-0.25, -0.2) is 0 Å². The highest BCUT2D eigenvalue weighted by molar-refractivity contribution is 7.59. The second-order valence-corrected chi connectivity index (χ2v) is 4.89. The predicted molar refractivity (Wildman–Crippen MR) is 93.8 cm³/mol. The maximum atomic E-state index is 9.67. The molecule has 1 aliphatic rings. The van der Waals surface area contributed by atoms with Gasteiger partial charge in [-0.3, -0.25) is 0 Å². The van der Waals surface area contributed by atoms with E-state index in [0.29, 0.717) is 0 Å². The summed E-state index contributed by atoms with van der Waals surface area (Å²) in [5.41, 5.74) is 8.18. The van der Waals surface area contributed by atoms with Gasteiger partial charge in [0.1, 0.15) is 0 Å². The molecule has 4 heteroatoms. The summed E-state index contributed by atoms with van der Waals surface area (Å²) in [6.45, 7) is -3.67. The monoisotopic (exact) mass is 332 g/mol. The summed E-state index contributed by atoms with van der Waals surface area (Å²) >= 11 is 0. The van der Waals surface area contributed by atoms with E-state index in [4.69, 9.17) is 0 Å². The number of benzene rings is 3. The molecule has 4 rings (SSSR count). The molecule has 0 aliphatic heterocycles. The Morgan fingerprint density at radius 2 is 1.00 bits per heavy atom. The first-order valence-corrected chi connectivity index (χ1v) is 6.89. The van der Waals surface area contributed by atoms with Crippen LogP contribution in [0, 0.1) is 0 Å². The summed E-state index contributed by atoms with van der Waals surface area (Å²) in [6.07, 6.45) is 0. The number of hydrogen-bond donors (Lipinski definition) is 0. The van der Waals surface area contributed by atoms with Gasteiger partial charge in [0, 0.05) is 0 Å². The lowest BCUT2D eigenvalue weighted by Crippen LogP contribution is -2.00. The molecule has 0 fully saturated rings. The van der Waals surface area contributed by atoms with Gasteiger partial charge in [0.15, 0.2) is 0 Å². The van der Waals surface area contributed by atoms with Crippen molar-refractivity contribution in [3.05, 3.63) is 72.8 Å². The Labute approximate surface area is 140 Å².